The van der Waals surface area contributed by atoms with Gasteiger partial charge in [0.05, 0.1) is 17.9 Å². The van der Waals surface area contributed by atoms with Gasteiger partial charge in [0.1, 0.15) is 5.60 Å². The third-order valence-corrected chi connectivity index (χ3v) is 2.36. The number of amides is 1. The number of hydrogen-bond acceptors (Lipinski definition) is 5. The molecule has 0 aliphatic heterocycles. The minimum atomic E-state index is -0.755. The minimum Gasteiger partial charge on any atom is -0.463 e. The molecular weight excluding hydrogens is 248 g/mol. The second-order valence-electron chi connectivity index (χ2n) is 5.18. The Morgan fingerprint density at radius 1 is 1.26 bits per heavy atom. The molecular formula is C13H20N2O4. The van der Waals surface area contributed by atoms with Gasteiger partial charge in [-0.05, 0) is 47.0 Å². The molecule has 0 aromatic rings. The zero-order valence-electron chi connectivity index (χ0n) is 11.9. The summed E-state index contributed by atoms with van der Waals surface area (Å²) in [7, 11) is 0. The number of carbonyl (C=O) groups is 2. The molecule has 0 fully saturated rings. The van der Waals surface area contributed by atoms with Gasteiger partial charge in [0, 0.05) is 0 Å². The van der Waals surface area contributed by atoms with E-state index in [2.05, 4.69) is 10.2 Å². The van der Waals surface area contributed by atoms with Gasteiger partial charge >= 0.3 is 12.1 Å². The summed E-state index contributed by atoms with van der Waals surface area (Å²) >= 11 is 0. The summed E-state index contributed by atoms with van der Waals surface area (Å²) in [5, 5.41) is 7.30. The molecule has 1 amide bonds. The SMILES string of the molecule is CCOC(=O)C1=C(N=NC(=O)OC(C)(C)C)CCC1. The monoisotopic (exact) mass is 268 g/mol. The van der Waals surface area contributed by atoms with E-state index in [0.29, 0.717) is 30.7 Å². The van der Waals surface area contributed by atoms with E-state index in [0.717, 1.165) is 6.42 Å². The largest absolute Gasteiger partial charge is 0.463 e. The fourth-order valence-electron chi connectivity index (χ4n) is 1.66. The summed E-state index contributed by atoms with van der Waals surface area (Å²) in [6.07, 6.45) is 1.30. The maximum atomic E-state index is 11.6. The first-order chi connectivity index (χ1) is 8.83. The third-order valence-electron chi connectivity index (χ3n) is 2.36. The van der Waals surface area contributed by atoms with Crippen molar-refractivity contribution in [1.29, 1.82) is 0 Å². The lowest BCUT2D eigenvalue weighted by Gasteiger charge is -2.16. The zero-order valence-corrected chi connectivity index (χ0v) is 11.9. The molecule has 19 heavy (non-hydrogen) atoms. The van der Waals surface area contributed by atoms with Crippen molar-refractivity contribution in [2.45, 2.75) is 52.6 Å². The van der Waals surface area contributed by atoms with Crippen molar-refractivity contribution < 1.29 is 19.1 Å². The molecule has 1 rings (SSSR count). The molecule has 0 saturated carbocycles. The highest BCUT2D eigenvalue weighted by atomic mass is 16.6. The van der Waals surface area contributed by atoms with Crippen LogP contribution in [0.1, 0.15) is 47.0 Å². The van der Waals surface area contributed by atoms with Gasteiger partial charge in [0.15, 0.2) is 0 Å². The summed E-state index contributed by atoms with van der Waals surface area (Å²) in [6.45, 7) is 7.31. The fourth-order valence-corrected chi connectivity index (χ4v) is 1.66. The van der Waals surface area contributed by atoms with Crippen LogP contribution in [0.2, 0.25) is 0 Å². The van der Waals surface area contributed by atoms with E-state index >= 15 is 0 Å². The summed E-state index contributed by atoms with van der Waals surface area (Å²) in [4.78, 5) is 23.0. The number of esters is 1. The Kier molecular flexibility index (Phi) is 5.20. The molecule has 0 atom stereocenters. The number of nitrogens with zero attached hydrogens (tertiary/aromatic N) is 2. The molecule has 0 N–H and O–H groups in total. The average Bonchev–Trinajstić information content (AvgIpc) is 2.72. The Hall–Kier alpha value is -1.72. The maximum Gasteiger partial charge on any atom is 0.452 e. The Labute approximate surface area is 112 Å². The highest BCUT2D eigenvalue weighted by Crippen LogP contribution is 2.28. The summed E-state index contributed by atoms with van der Waals surface area (Å²) in [5.41, 5.74) is 0.419. The van der Waals surface area contributed by atoms with Crippen molar-refractivity contribution in [1.82, 2.24) is 0 Å². The molecule has 0 heterocycles. The van der Waals surface area contributed by atoms with Gasteiger partial charge in [-0.15, -0.1) is 5.11 Å². The van der Waals surface area contributed by atoms with Gasteiger partial charge in [-0.3, -0.25) is 0 Å². The molecule has 6 heteroatoms. The standard InChI is InChI=1S/C13H20N2O4/c1-5-18-11(16)9-7-6-8-10(9)14-15-12(17)19-13(2,3)4/h5-8H2,1-4H3. The number of azo groups is 1. The van der Waals surface area contributed by atoms with E-state index in [1.54, 1.807) is 27.7 Å². The fraction of sp³-hybridized carbons (Fsp3) is 0.692. The van der Waals surface area contributed by atoms with E-state index in [1.165, 1.54) is 0 Å². The molecule has 1 aliphatic rings. The molecule has 6 nitrogen and oxygen atoms in total. The Balaban J connectivity index is 2.71. The van der Waals surface area contributed by atoms with Crippen molar-refractivity contribution >= 4 is 12.1 Å². The van der Waals surface area contributed by atoms with Crippen molar-refractivity contribution in [3.8, 4) is 0 Å². The number of hydrogen-bond donors (Lipinski definition) is 0. The topological polar surface area (TPSA) is 77.3 Å². The van der Waals surface area contributed by atoms with Crippen LogP contribution in [0.3, 0.4) is 0 Å². The van der Waals surface area contributed by atoms with Crippen LogP contribution in [-0.2, 0) is 14.3 Å². The predicted octanol–water partition coefficient (Wildman–Crippen LogP) is 3.37. The van der Waals surface area contributed by atoms with Crippen LogP contribution in [0.25, 0.3) is 0 Å². The highest BCUT2D eigenvalue weighted by molar-refractivity contribution is 5.89. The Morgan fingerprint density at radius 3 is 2.53 bits per heavy atom. The lowest BCUT2D eigenvalue weighted by molar-refractivity contribution is -0.138. The maximum absolute atomic E-state index is 11.6. The van der Waals surface area contributed by atoms with Crippen molar-refractivity contribution in [2.75, 3.05) is 6.61 Å². The normalized spacial score (nSPS) is 16.0. The first-order valence-electron chi connectivity index (χ1n) is 6.37. The van der Waals surface area contributed by atoms with Gasteiger partial charge in [0.2, 0.25) is 0 Å². The zero-order chi connectivity index (χ0) is 14.5. The molecule has 0 aromatic carbocycles. The smallest absolute Gasteiger partial charge is 0.452 e. The molecule has 0 saturated heterocycles. The highest BCUT2D eigenvalue weighted by Gasteiger charge is 2.22. The lowest BCUT2D eigenvalue weighted by Crippen LogP contribution is -2.21. The molecule has 0 unspecified atom stereocenters. The Bertz CT molecular complexity index is 419. The first-order valence-corrected chi connectivity index (χ1v) is 6.37. The van der Waals surface area contributed by atoms with Gasteiger partial charge < -0.3 is 9.47 Å². The number of rotatable bonds is 3. The first kappa shape index (κ1) is 15.3. The van der Waals surface area contributed by atoms with Crippen molar-refractivity contribution in [3.05, 3.63) is 11.3 Å². The van der Waals surface area contributed by atoms with Gasteiger partial charge in [-0.2, -0.15) is 0 Å². The number of ether oxygens (including phenoxy) is 2. The van der Waals surface area contributed by atoms with E-state index < -0.39 is 11.7 Å². The predicted molar refractivity (Wildman–Crippen MR) is 68.6 cm³/mol. The molecule has 0 aromatic heterocycles. The van der Waals surface area contributed by atoms with Crippen LogP contribution in [0.4, 0.5) is 4.79 Å². The van der Waals surface area contributed by atoms with Crippen molar-refractivity contribution in [3.63, 3.8) is 0 Å². The number of allylic oxidation sites excluding steroid dienone is 1. The summed E-state index contributed by atoms with van der Waals surface area (Å²) < 4.78 is 9.93. The van der Waals surface area contributed by atoms with Gasteiger partial charge in [0.25, 0.3) is 0 Å². The summed E-state index contributed by atoms with van der Waals surface area (Å²) in [5.74, 6) is -0.377. The van der Waals surface area contributed by atoms with E-state index in [-0.39, 0.29) is 5.97 Å². The number of carbonyl (C=O) groups excluding carboxylic acids is 2. The van der Waals surface area contributed by atoms with Crippen molar-refractivity contribution in [2.24, 2.45) is 10.2 Å². The molecule has 0 spiro atoms. The van der Waals surface area contributed by atoms with Crippen LogP contribution in [-0.4, -0.2) is 24.3 Å². The molecule has 0 radical (unpaired) electrons. The average molecular weight is 268 g/mol. The van der Waals surface area contributed by atoms with Crippen LogP contribution in [0.5, 0.6) is 0 Å². The van der Waals surface area contributed by atoms with Crippen LogP contribution in [0, 0.1) is 0 Å². The van der Waals surface area contributed by atoms with E-state index in [9.17, 15) is 9.59 Å². The van der Waals surface area contributed by atoms with Gasteiger partial charge in [-0.25, -0.2) is 9.59 Å². The summed E-state index contributed by atoms with van der Waals surface area (Å²) in [6, 6.07) is 0. The van der Waals surface area contributed by atoms with E-state index in [4.69, 9.17) is 9.47 Å². The van der Waals surface area contributed by atoms with Crippen LogP contribution in [0.15, 0.2) is 21.5 Å². The second kappa shape index (κ2) is 6.45. The quantitative estimate of drug-likeness (QED) is 0.580. The van der Waals surface area contributed by atoms with Crippen LogP contribution >= 0.6 is 0 Å². The second-order valence-corrected chi connectivity index (χ2v) is 5.18. The van der Waals surface area contributed by atoms with Crippen LogP contribution < -0.4 is 0 Å². The molecule has 1 aliphatic carbocycles. The third kappa shape index (κ3) is 5.19. The van der Waals surface area contributed by atoms with E-state index in [1.807, 2.05) is 0 Å². The molecule has 0 bridgehead atoms. The van der Waals surface area contributed by atoms with Gasteiger partial charge in [-0.1, -0.05) is 5.11 Å². The Morgan fingerprint density at radius 2 is 1.95 bits per heavy atom. The minimum absolute atomic E-state index is 0.318. The lowest BCUT2D eigenvalue weighted by atomic mass is 10.2. The molecule has 106 valence electrons.